The number of aryl methyl sites for hydroxylation is 1. The molecule has 2 aromatic heterocycles. The minimum absolute atomic E-state index is 0.0333. The van der Waals surface area contributed by atoms with Crippen molar-refractivity contribution in [2.45, 2.75) is 6.92 Å². The molecule has 3 aromatic carbocycles. The standard InChI is InChI=1S/C31H27N5O3S/c1-20-25-19-26(40-31(25)36(32-20)22-9-3-2-4-10-22)30(39)34-16-13-33(14-17-34)15-18-35-28(37)23-11-5-7-21-8-6-12-24(27(21)23)29(35)38/h2-12,19H,13-18H2,1H3. The predicted molar refractivity (Wildman–Crippen MR) is 155 cm³/mol. The number of fused-ring (bicyclic) bond motifs is 1. The Kier molecular flexibility index (Phi) is 5.98. The number of aromatic nitrogens is 2. The van der Waals surface area contributed by atoms with Gasteiger partial charge in [-0.25, -0.2) is 4.68 Å². The third-order valence-corrected chi connectivity index (χ3v) is 9.01. The number of benzene rings is 3. The summed E-state index contributed by atoms with van der Waals surface area (Å²) in [6.45, 7) is 5.44. The molecule has 1 saturated heterocycles. The molecule has 7 rings (SSSR count). The highest BCUT2D eigenvalue weighted by molar-refractivity contribution is 7.20. The first-order valence-corrected chi connectivity index (χ1v) is 14.3. The molecule has 2 aliphatic heterocycles. The van der Waals surface area contributed by atoms with Crippen LogP contribution >= 0.6 is 11.3 Å². The van der Waals surface area contributed by atoms with Crippen LogP contribution in [0.1, 0.15) is 36.1 Å². The topological polar surface area (TPSA) is 78.8 Å². The fraction of sp³-hybridized carbons (Fsp3) is 0.226. The number of thiophene rings is 1. The summed E-state index contributed by atoms with van der Waals surface area (Å²) in [5, 5.41) is 7.34. The Balaban J connectivity index is 1.01. The smallest absolute Gasteiger partial charge is 0.264 e. The molecule has 0 bridgehead atoms. The van der Waals surface area contributed by atoms with Gasteiger partial charge < -0.3 is 4.90 Å². The van der Waals surface area contributed by atoms with Gasteiger partial charge in [0.05, 0.1) is 16.3 Å². The van der Waals surface area contributed by atoms with E-state index in [1.807, 2.05) is 77.2 Å². The number of hydrogen-bond acceptors (Lipinski definition) is 6. The molecule has 0 radical (unpaired) electrons. The molecule has 1 fully saturated rings. The van der Waals surface area contributed by atoms with Gasteiger partial charge in [0, 0.05) is 61.2 Å². The third kappa shape index (κ3) is 4.01. The molecule has 2 aliphatic rings. The third-order valence-electron chi connectivity index (χ3n) is 7.91. The van der Waals surface area contributed by atoms with Gasteiger partial charge in [-0.05, 0) is 42.6 Å². The molecule has 0 atom stereocenters. The minimum Gasteiger partial charge on any atom is -0.335 e. The Bertz CT molecular complexity index is 1750. The van der Waals surface area contributed by atoms with Gasteiger partial charge in [-0.15, -0.1) is 11.3 Å². The van der Waals surface area contributed by atoms with E-state index in [2.05, 4.69) is 10.00 Å². The average molecular weight is 550 g/mol. The van der Waals surface area contributed by atoms with Crippen LogP contribution in [0.15, 0.2) is 72.8 Å². The fourth-order valence-electron chi connectivity index (χ4n) is 5.75. The van der Waals surface area contributed by atoms with E-state index in [4.69, 9.17) is 0 Å². The zero-order valence-electron chi connectivity index (χ0n) is 22.0. The molecule has 200 valence electrons. The lowest BCUT2D eigenvalue weighted by atomic mass is 9.94. The van der Waals surface area contributed by atoms with E-state index < -0.39 is 0 Å². The Labute approximate surface area is 235 Å². The van der Waals surface area contributed by atoms with Crippen LogP contribution in [0.4, 0.5) is 0 Å². The van der Waals surface area contributed by atoms with Crippen molar-refractivity contribution in [1.82, 2.24) is 24.5 Å². The van der Waals surface area contributed by atoms with Crippen molar-refractivity contribution in [3.8, 4) is 5.69 Å². The summed E-state index contributed by atoms with van der Waals surface area (Å²) in [5.41, 5.74) is 3.04. The molecule has 8 nitrogen and oxygen atoms in total. The van der Waals surface area contributed by atoms with E-state index in [0.717, 1.165) is 32.4 Å². The van der Waals surface area contributed by atoms with Crippen LogP contribution < -0.4 is 0 Å². The summed E-state index contributed by atoms with van der Waals surface area (Å²) in [6, 6.07) is 23.1. The van der Waals surface area contributed by atoms with Gasteiger partial charge in [0.15, 0.2) is 0 Å². The first kappa shape index (κ1) is 24.7. The molecule has 5 aromatic rings. The number of carbonyl (C=O) groups is 3. The lowest BCUT2D eigenvalue weighted by molar-refractivity contribution is 0.0552. The second kappa shape index (κ2) is 9.69. The second-order valence-corrected chi connectivity index (χ2v) is 11.3. The summed E-state index contributed by atoms with van der Waals surface area (Å²) in [6.07, 6.45) is 0. The lowest BCUT2D eigenvalue weighted by Gasteiger charge is -2.36. The molecular weight excluding hydrogens is 522 g/mol. The summed E-state index contributed by atoms with van der Waals surface area (Å²) < 4.78 is 1.91. The summed E-state index contributed by atoms with van der Waals surface area (Å²) in [7, 11) is 0. The van der Waals surface area contributed by atoms with Crippen LogP contribution in [0.2, 0.25) is 0 Å². The molecule has 0 N–H and O–H groups in total. The minimum atomic E-state index is -0.239. The largest absolute Gasteiger partial charge is 0.335 e. The van der Waals surface area contributed by atoms with Gasteiger partial charge in [0.1, 0.15) is 4.83 Å². The van der Waals surface area contributed by atoms with E-state index in [9.17, 15) is 14.4 Å². The maximum absolute atomic E-state index is 13.4. The number of hydrogen-bond donors (Lipinski definition) is 0. The normalized spacial score (nSPS) is 15.9. The van der Waals surface area contributed by atoms with E-state index in [1.54, 1.807) is 12.1 Å². The monoisotopic (exact) mass is 549 g/mol. The summed E-state index contributed by atoms with van der Waals surface area (Å²) >= 11 is 1.48. The van der Waals surface area contributed by atoms with Crippen molar-refractivity contribution >= 4 is 50.0 Å². The van der Waals surface area contributed by atoms with Crippen molar-refractivity contribution in [3.05, 3.63) is 94.5 Å². The van der Waals surface area contributed by atoms with E-state index in [-0.39, 0.29) is 17.7 Å². The Morgan fingerprint density at radius 2 is 1.52 bits per heavy atom. The van der Waals surface area contributed by atoms with Crippen LogP contribution in [0.3, 0.4) is 0 Å². The second-order valence-electron chi connectivity index (χ2n) is 10.3. The summed E-state index contributed by atoms with van der Waals surface area (Å²) in [5.74, 6) is -0.444. The molecule has 0 spiro atoms. The van der Waals surface area contributed by atoms with Gasteiger partial charge in [-0.2, -0.15) is 5.10 Å². The molecule has 9 heteroatoms. The number of rotatable bonds is 5. The fourth-order valence-corrected chi connectivity index (χ4v) is 6.90. The summed E-state index contributed by atoms with van der Waals surface area (Å²) in [4.78, 5) is 47.0. The van der Waals surface area contributed by atoms with Crippen molar-refractivity contribution in [2.75, 3.05) is 39.3 Å². The molecular formula is C31H27N5O3S. The van der Waals surface area contributed by atoms with Crippen LogP contribution in [-0.4, -0.2) is 81.5 Å². The van der Waals surface area contributed by atoms with Gasteiger partial charge in [-0.3, -0.25) is 24.2 Å². The maximum Gasteiger partial charge on any atom is 0.264 e. The van der Waals surface area contributed by atoms with Crippen LogP contribution in [-0.2, 0) is 0 Å². The van der Waals surface area contributed by atoms with Gasteiger partial charge in [0.2, 0.25) is 0 Å². The van der Waals surface area contributed by atoms with Crippen LogP contribution in [0.5, 0.6) is 0 Å². The van der Waals surface area contributed by atoms with Crippen molar-refractivity contribution in [2.24, 2.45) is 0 Å². The molecule has 40 heavy (non-hydrogen) atoms. The Hall–Kier alpha value is -4.34. The van der Waals surface area contributed by atoms with Crippen LogP contribution in [0, 0.1) is 6.92 Å². The quantitative estimate of drug-likeness (QED) is 0.300. The zero-order valence-corrected chi connectivity index (χ0v) is 22.9. The van der Waals surface area contributed by atoms with E-state index in [0.29, 0.717) is 55.3 Å². The van der Waals surface area contributed by atoms with Crippen molar-refractivity contribution in [1.29, 1.82) is 0 Å². The highest BCUT2D eigenvalue weighted by Crippen LogP contribution is 2.32. The number of imide groups is 1. The highest BCUT2D eigenvalue weighted by atomic mass is 32.1. The highest BCUT2D eigenvalue weighted by Gasteiger charge is 2.33. The van der Waals surface area contributed by atoms with E-state index >= 15 is 0 Å². The molecule has 3 amide bonds. The first-order valence-electron chi connectivity index (χ1n) is 13.4. The van der Waals surface area contributed by atoms with Gasteiger partial charge in [0.25, 0.3) is 17.7 Å². The van der Waals surface area contributed by atoms with Crippen molar-refractivity contribution in [3.63, 3.8) is 0 Å². The average Bonchev–Trinajstić information content (AvgIpc) is 3.56. The number of para-hydroxylation sites is 1. The maximum atomic E-state index is 13.4. The SMILES string of the molecule is Cc1nn(-c2ccccc2)c2sc(C(=O)N3CCN(CCN4C(=O)c5cccc6cccc(c56)C4=O)CC3)cc12. The number of piperazine rings is 1. The molecule has 0 aliphatic carbocycles. The Morgan fingerprint density at radius 1 is 0.850 bits per heavy atom. The van der Waals surface area contributed by atoms with Gasteiger partial charge >= 0.3 is 0 Å². The molecule has 0 unspecified atom stereocenters. The Morgan fingerprint density at radius 3 is 2.20 bits per heavy atom. The number of carbonyl (C=O) groups excluding carboxylic acids is 3. The first-order chi connectivity index (χ1) is 19.5. The van der Waals surface area contributed by atoms with Gasteiger partial charge in [-0.1, -0.05) is 42.5 Å². The zero-order chi connectivity index (χ0) is 27.4. The molecule has 0 saturated carbocycles. The predicted octanol–water partition coefficient (Wildman–Crippen LogP) is 4.60. The lowest BCUT2D eigenvalue weighted by Crippen LogP contribution is -2.51. The van der Waals surface area contributed by atoms with E-state index in [1.165, 1.54) is 16.2 Å². The number of amides is 3. The molecule has 4 heterocycles. The van der Waals surface area contributed by atoms with Crippen LogP contribution in [0.25, 0.3) is 26.7 Å². The van der Waals surface area contributed by atoms with Crippen molar-refractivity contribution < 1.29 is 14.4 Å². The number of nitrogens with zero attached hydrogens (tertiary/aromatic N) is 5.